The van der Waals surface area contributed by atoms with Crippen LogP contribution in [0.2, 0.25) is 5.02 Å². The van der Waals surface area contributed by atoms with Gasteiger partial charge in [0.1, 0.15) is 0 Å². The van der Waals surface area contributed by atoms with Crippen molar-refractivity contribution in [3.8, 4) is 0 Å². The second kappa shape index (κ2) is 9.08. The molecule has 0 aliphatic rings. The van der Waals surface area contributed by atoms with Crippen LogP contribution in [0.3, 0.4) is 0 Å². The summed E-state index contributed by atoms with van der Waals surface area (Å²) in [5.74, 6) is -0.114. The molecule has 0 spiro atoms. The Hall–Kier alpha value is -2.53. The van der Waals surface area contributed by atoms with Gasteiger partial charge in [0.15, 0.2) is 12.4 Å². The summed E-state index contributed by atoms with van der Waals surface area (Å²) in [6, 6.07) is 13.0. The van der Waals surface area contributed by atoms with E-state index >= 15 is 0 Å². The van der Waals surface area contributed by atoms with Crippen LogP contribution in [0.4, 0.5) is 5.69 Å². The first-order valence-corrected chi connectivity index (χ1v) is 8.54. The largest absolute Gasteiger partial charge is 0.384 e. The maximum absolute atomic E-state index is 12.2. The number of nitrogens with two attached hydrogens (primary N) is 1. The molecule has 0 radical (unpaired) electrons. The second-order valence-corrected chi connectivity index (χ2v) is 5.90. The summed E-state index contributed by atoms with van der Waals surface area (Å²) >= 11 is 5.91. The summed E-state index contributed by atoms with van der Waals surface area (Å²) in [7, 11) is 0. The van der Waals surface area contributed by atoms with Crippen LogP contribution in [0.15, 0.2) is 47.6 Å². The summed E-state index contributed by atoms with van der Waals surface area (Å²) in [5.41, 5.74) is 9.50. The lowest BCUT2D eigenvalue weighted by atomic mass is 10.0. The van der Waals surface area contributed by atoms with E-state index in [2.05, 4.69) is 24.3 Å². The van der Waals surface area contributed by atoms with E-state index in [1.165, 1.54) is 0 Å². The number of oxime groups is 1. The Balaban J connectivity index is 1.99. The molecule has 0 bridgehead atoms. The highest BCUT2D eigenvalue weighted by atomic mass is 35.5. The number of para-hydroxylation sites is 1. The number of nitrogens with one attached hydrogen (secondary N) is 1. The fraction of sp³-hybridized carbons (Fsp3) is 0.263. The summed E-state index contributed by atoms with van der Waals surface area (Å²) in [4.78, 5) is 17.2. The molecule has 6 heteroatoms. The Morgan fingerprint density at radius 2 is 1.80 bits per heavy atom. The Morgan fingerprint density at radius 3 is 2.40 bits per heavy atom. The van der Waals surface area contributed by atoms with Gasteiger partial charge in [-0.25, -0.2) is 0 Å². The molecule has 2 aromatic rings. The number of hydrogen-bond acceptors (Lipinski definition) is 3. The van der Waals surface area contributed by atoms with Gasteiger partial charge < -0.3 is 15.9 Å². The molecule has 132 valence electrons. The van der Waals surface area contributed by atoms with Gasteiger partial charge in [0.25, 0.3) is 5.91 Å². The molecule has 5 nitrogen and oxygen atoms in total. The Morgan fingerprint density at radius 1 is 1.16 bits per heavy atom. The molecule has 0 fully saturated rings. The van der Waals surface area contributed by atoms with Gasteiger partial charge in [0.2, 0.25) is 0 Å². The van der Waals surface area contributed by atoms with Gasteiger partial charge >= 0.3 is 0 Å². The standard InChI is InChI=1S/C19H22ClN3O2/c1-3-13-7-5-8-14(4-2)18(13)22-17(24)12-25-23-19(21)15-9-6-10-16(20)11-15/h5-11H,3-4,12H2,1-2H3,(H2,21,23)(H,22,24). The number of amidine groups is 1. The summed E-state index contributed by atoms with van der Waals surface area (Å²) in [6.07, 6.45) is 1.67. The van der Waals surface area contributed by atoms with Crippen LogP contribution >= 0.6 is 11.6 Å². The fourth-order valence-electron chi connectivity index (χ4n) is 2.44. The molecule has 2 aromatic carbocycles. The first kappa shape index (κ1) is 18.8. The quantitative estimate of drug-likeness (QED) is 0.449. The number of carbonyl (C=O) groups excluding carboxylic acids is 1. The minimum atomic E-state index is -0.279. The van der Waals surface area contributed by atoms with Gasteiger partial charge in [-0.05, 0) is 36.1 Å². The maximum atomic E-state index is 12.2. The highest BCUT2D eigenvalue weighted by Gasteiger charge is 2.10. The number of aryl methyl sites for hydroxylation is 2. The normalized spacial score (nSPS) is 11.2. The molecule has 3 N–H and O–H groups in total. The number of nitrogens with zero attached hydrogens (tertiary/aromatic N) is 1. The van der Waals surface area contributed by atoms with E-state index in [0.29, 0.717) is 10.6 Å². The lowest BCUT2D eigenvalue weighted by Gasteiger charge is -2.14. The summed E-state index contributed by atoms with van der Waals surface area (Å²) < 4.78 is 0. The van der Waals surface area contributed by atoms with E-state index in [9.17, 15) is 4.79 Å². The van der Waals surface area contributed by atoms with E-state index in [1.54, 1.807) is 24.3 Å². The first-order chi connectivity index (χ1) is 12.0. The number of carbonyl (C=O) groups is 1. The molecule has 0 aliphatic heterocycles. The number of halogens is 1. The van der Waals surface area contributed by atoms with Crippen LogP contribution in [0.25, 0.3) is 0 Å². The minimum absolute atomic E-state index is 0.165. The molecule has 0 saturated carbocycles. The predicted octanol–water partition coefficient (Wildman–Crippen LogP) is 3.74. The summed E-state index contributed by atoms with van der Waals surface area (Å²) in [5, 5.41) is 7.24. The molecule has 0 unspecified atom stereocenters. The zero-order valence-electron chi connectivity index (χ0n) is 14.4. The zero-order chi connectivity index (χ0) is 18.2. The number of amides is 1. The molecule has 1 amide bonds. The molecule has 0 aromatic heterocycles. The van der Waals surface area contributed by atoms with Gasteiger partial charge in [-0.15, -0.1) is 0 Å². The van der Waals surface area contributed by atoms with Crippen LogP contribution in [-0.2, 0) is 22.5 Å². The lowest BCUT2D eigenvalue weighted by molar-refractivity contribution is -0.120. The molecule has 0 heterocycles. The second-order valence-electron chi connectivity index (χ2n) is 5.47. The first-order valence-electron chi connectivity index (χ1n) is 8.17. The van der Waals surface area contributed by atoms with E-state index in [1.807, 2.05) is 18.2 Å². The van der Waals surface area contributed by atoms with Crippen molar-refractivity contribution < 1.29 is 9.63 Å². The number of rotatable bonds is 7. The molecule has 0 aliphatic carbocycles. The van der Waals surface area contributed by atoms with Crippen molar-refractivity contribution in [2.75, 3.05) is 11.9 Å². The van der Waals surface area contributed by atoms with Gasteiger partial charge in [0.05, 0.1) is 0 Å². The zero-order valence-corrected chi connectivity index (χ0v) is 15.1. The minimum Gasteiger partial charge on any atom is -0.384 e. The highest BCUT2D eigenvalue weighted by molar-refractivity contribution is 6.31. The van der Waals surface area contributed by atoms with Crippen LogP contribution in [-0.4, -0.2) is 18.3 Å². The third-order valence-corrected chi connectivity index (χ3v) is 3.98. The number of anilines is 1. The van der Waals surface area contributed by atoms with E-state index in [-0.39, 0.29) is 18.3 Å². The van der Waals surface area contributed by atoms with Crippen molar-refractivity contribution in [3.63, 3.8) is 0 Å². The number of benzene rings is 2. The van der Waals surface area contributed by atoms with Crippen LogP contribution in [0.5, 0.6) is 0 Å². The van der Waals surface area contributed by atoms with Crippen molar-refractivity contribution in [1.29, 1.82) is 0 Å². The van der Waals surface area contributed by atoms with E-state index in [4.69, 9.17) is 22.2 Å². The van der Waals surface area contributed by atoms with Crippen molar-refractivity contribution in [2.45, 2.75) is 26.7 Å². The van der Waals surface area contributed by atoms with Crippen molar-refractivity contribution in [3.05, 3.63) is 64.2 Å². The molecular formula is C19H22ClN3O2. The van der Waals surface area contributed by atoms with Crippen molar-refractivity contribution >= 4 is 29.0 Å². The van der Waals surface area contributed by atoms with Crippen molar-refractivity contribution in [1.82, 2.24) is 0 Å². The number of hydrogen-bond donors (Lipinski definition) is 2. The Bertz CT molecular complexity index is 753. The van der Waals surface area contributed by atoms with Gasteiger partial charge in [-0.2, -0.15) is 0 Å². The highest BCUT2D eigenvalue weighted by Crippen LogP contribution is 2.22. The molecule has 0 atom stereocenters. The summed E-state index contributed by atoms with van der Waals surface area (Å²) in [6.45, 7) is 3.89. The predicted molar refractivity (Wildman–Crippen MR) is 102 cm³/mol. The third-order valence-electron chi connectivity index (χ3n) is 3.74. The van der Waals surface area contributed by atoms with Crippen molar-refractivity contribution in [2.24, 2.45) is 10.9 Å². The van der Waals surface area contributed by atoms with Gasteiger partial charge in [-0.3, -0.25) is 4.79 Å². The van der Waals surface area contributed by atoms with Crippen LogP contribution in [0.1, 0.15) is 30.5 Å². The molecular weight excluding hydrogens is 338 g/mol. The average molecular weight is 360 g/mol. The Kier molecular flexibility index (Phi) is 6.83. The molecule has 0 saturated heterocycles. The van der Waals surface area contributed by atoms with Crippen LogP contribution < -0.4 is 11.1 Å². The SMILES string of the molecule is CCc1cccc(CC)c1NC(=O)CO/N=C(/N)c1cccc(Cl)c1. The maximum Gasteiger partial charge on any atom is 0.265 e. The lowest BCUT2D eigenvalue weighted by Crippen LogP contribution is -2.20. The smallest absolute Gasteiger partial charge is 0.265 e. The van der Waals surface area contributed by atoms with E-state index < -0.39 is 0 Å². The molecule has 2 rings (SSSR count). The average Bonchev–Trinajstić information content (AvgIpc) is 2.61. The Labute approximate surface area is 152 Å². The topological polar surface area (TPSA) is 76.7 Å². The molecule has 25 heavy (non-hydrogen) atoms. The van der Waals surface area contributed by atoms with E-state index in [0.717, 1.165) is 29.7 Å². The van der Waals surface area contributed by atoms with Gasteiger partial charge in [0, 0.05) is 16.3 Å². The van der Waals surface area contributed by atoms with Gasteiger partial charge in [-0.1, -0.05) is 60.9 Å². The van der Waals surface area contributed by atoms with Crippen LogP contribution in [0, 0.1) is 0 Å². The monoisotopic (exact) mass is 359 g/mol. The third kappa shape index (κ3) is 5.22. The fourth-order valence-corrected chi connectivity index (χ4v) is 2.63.